The third kappa shape index (κ3) is 1.85. The van der Waals surface area contributed by atoms with Crippen LogP contribution in [0.5, 0.6) is 5.75 Å². The number of nitrogens with zero attached hydrogens (tertiary/aromatic N) is 4. The van der Waals surface area contributed by atoms with Gasteiger partial charge in [0.2, 0.25) is 0 Å². The number of rotatable bonds is 3. The van der Waals surface area contributed by atoms with Gasteiger partial charge in [-0.1, -0.05) is 6.07 Å². The maximum absolute atomic E-state index is 10.2. The van der Waals surface area contributed by atoms with Gasteiger partial charge < -0.3 is 15.5 Å². The molecule has 0 spiro atoms. The first kappa shape index (κ1) is 13.7. The predicted octanol–water partition coefficient (Wildman–Crippen LogP) is 1.74. The van der Waals surface area contributed by atoms with Crippen molar-refractivity contribution in [3.05, 3.63) is 36.2 Å². The van der Waals surface area contributed by atoms with Crippen molar-refractivity contribution in [2.45, 2.75) is 31.4 Å². The number of aliphatic hydroxyl groups is 1. The molecule has 7 heteroatoms. The van der Waals surface area contributed by atoms with Crippen LogP contribution in [-0.2, 0) is 0 Å². The second-order valence-electron chi connectivity index (χ2n) is 6.88. The molecule has 1 unspecified atom stereocenters. The summed E-state index contributed by atoms with van der Waals surface area (Å²) in [5, 5.41) is 32.1. The van der Waals surface area contributed by atoms with Gasteiger partial charge in [-0.25, -0.2) is 4.98 Å². The lowest BCUT2D eigenvalue weighted by Crippen LogP contribution is -2.41. The van der Waals surface area contributed by atoms with Gasteiger partial charge in [0, 0.05) is 24.4 Å². The zero-order chi connectivity index (χ0) is 16.5. The van der Waals surface area contributed by atoms with Crippen molar-refractivity contribution in [2.24, 2.45) is 5.92 Å². The summed E-state index contributed by atoms with van der Waals surface area (Å²) in [5.41, 5.74) is 1.81. The van der Waals surface area contributed by atoms with Crippen LogP contribution in [0, 0.1) is 12.8 Å². The Morgan fingerprint density at radius 1 is 1.29 bits per heavy atom. The van der Waals surface area contributed by atoms with Gasteiger partial charge in [0.15, 0.2) is 17.3 Å². The maximum Gasteiger partial charge on any atom is 0.192 e. The standard InChI is InChI=1S/C17H17N5O2/c1-9-2-3-10(13(23)6-9)15-21-20-14(16-18-4-5-22(15)16)19-12-8-17(24)7-11(12)17/h2-6,11-12,23-24H,7-8H2,1H3,(H,19,20)/t11-,12?,17-/m0/s1. The van der Waals surface area contributed by atoms with Gasteiger partial charge in [0.05, 0.1) is 11.2 Å². The summed E-state index contributed by atoms with van der Waals surface area (Å²) < 4.78 is 1.82. The number of benzene rings is 1. The topological polar surface area (TPSA) is 95.6 Å². The molecule has 0 aliphatic heterocycles. The Hall–Kier alpha value is -2.67. The molecule has 2 aromatic heterocycles. The molecular formula is C17H17N5O2. The summed E-state index contributed by atoms with van der Waals surface area (Å²) in [6.45, 7) is 1.92. The molecule has 0 saturated heterocycles. The number of hydrogen-bond donors (Lipinski definition) is 3. The van der Waals surface area contributed by atoms with Crippen LogP contribution in [0.2, 0.25) is 0 Å². The van der Waals surface area contributed by atoms with E-state index in [0.29, 0.717) is 28.8 Å². The van der Waals surface area contributed by atoms with Gasteiger partial charge in [0.1, 0.15) is 5.75 Å². The molecule has 2 aliphatic rings. The first-order valence-corrected chi connectivity index (χ1v) is 8.04. The van der Waals surface area contributed by atoms with E-state index >= 15 is 0 Å². The normalized spacial score (nSPS) is 27.6. The highest BCUT2D eigenvalue weighted by molar-refractivity contribution is 5.71. The van der Waals surface area contributed by atoms with Crippen molar-refractivity contribution in [3.8, 4) is 17.1 Å². The van der Waals surface area contributed by atoms with Crippen LogP contribution in [0.1, 0.15) is 18.4 Å². The molecule has 0 radical (unpaired) electrons. The average Bonchev–Trinajstić information content (AvgIpc) is 2.90. The van der Waals surface area contributed by atoms with Crippen LogP contribution in [0.15, 0.2) is 30.6 Å². The average molecular weight is 323 g/mol. The van der Waals surface area contributed by atoms with Crippen molar-refractivity contribution < 1.29 is 10.2 Å². The number of fused-ring (bicyclic) bond motifs is 2. The monoisotopic (exact) mass is 323 g/mol. The molecule has 3 N–H and O–H groups in total. The Kier molecular flexibility index (Phi) is 2.55. The predicted molar refractivity (Wildman–Crippen MR) is 87.7 cm³/mol. The Labute approximate surface area is 138 Å². The molecule has 0 amide bonds. The molecule has 122 valence electrons. The number of phenolic OH excluding ortho intramolecular Hbond substituents is 1. The molecule has 2 heterocycles. The van der Waals surface area contributed by atoms with Gasteiger partial charge in [-0.2, -0.15) is 0 Å². The highest BCUT2D eigenvalue weighted by Crippen LogP contribution is 2.60. The quantitative estimate of drug-likeness (QED) is 0.679. The van der Waals surface area contributed by atoms with E-state index in [4.69, 9.17) is 0 Å². The van der Waals surface area contributed by atoms with Gasteiger partial charge in [0.25, 0.3) is 0 Å². The Morgan fingerprint density at radius 3 is 2.88 bits per heavy atom. The lowest BCUT2D eigenvalue weighted by molar-refractivity contribution is 0.0609. The number of aromatic nitrogens is 4. The van der Waals surface area contributed by atoms with Crippen molar-refractivity contribution in [1.29, 1.82) is 0 Å². The lowest BCUT2D eigenvalue weighted by atomic mass is 9.89. The number of imidazole rings is 1. The number of aryl methyl sites for hydroxylation is 1. The summed E-state index contributed by atoms with van der Waals surface area (Å²) in [4.78, 5) is 4.37. The zero-order valence-corrected chi connectivity index (χ0v) is 13.1. The number of nitrogens with one attached hydrogen (secondary N) is 1. The molecule has 2 aliphatic carbocycles. The van der Waals surface area contributed by atoms with E-state index in [1.54, 1.807) is 18.5 Å². The fourth-order valence-electron chi connectivity index (χ4n) is 3.71. The van der Waals surface area contributed by atoms with Crippen molar-refractivity contribution in [2.75, 3.05) is 5.32 Å². The Balaban J connectivity index is 1.55. The molecule has 1 aromatic carbocycles. The van der Waals surface area contributed by atoms with E-state index in [9.17, 15) is 10.2 Å². The third-order valence-electron chi connectivity index (χ3n) is 5.20. The number of aromatic hydroxyl groups is 1. The summed E-state index contributed by atoms with van der Waals surface area (Å²) >= 11 is 0. The minimum atomic E-state index is -0.440. The summed E-state index contributed by atoms with van der Waals surface area (Å²) in [6, 6.07) is 5.68. The minimum absolute atomic E-state index is 0.169. The minimum Gasteiger partial charge on any atom is -0.507 e. The Bertz CT molecular complexity index is 969. The fourth-order valence-corrected chi connectivity index (χ4v) is 3.71. The van der Waals surface area contributed by atoms with Crippen LogP contribution in [0.25, 0.3) is 17.0 Å². The van der Waals surface area contributed by atoms with Gasteiger partial charge >= 0.3 is 0 Å². The number of anilines is 1. The maximum atomic E-state index is 10.2. The molecule has 7 nitrogen and oxygen atoms in total. The Morgan fingerprint density at radius 2 is 2.17 bits per heavy atom. The van der Waals surface area contributed by atoms with Crippen LogP contribution < -0.4 is 5.32 Å². The molecule has 2 saturated carbocycles. The molecule has 3 aromatic rings. The molecular weight excluding hydrogens is 306 g/mol. The molecule has 0 bridgehead atoms. The summed E-state index contributed by atoms with van der Waals surface area (Å²) in [5.74, 6) is 1.63. The summed E-state index contributed by atoms with van der Waals surface area (Å²) in [7, 11) is 0. The van der Waals surface area contributed by atoms with Crippen molar-refractivity contribution in [3.63, 3.8) is 0 Å². The fraction of sp³-hybridized carbons (Fsp3) is 0.353. The van der Waals surface area contributed by atoms with E-state index in [-0.39, 0.29) is 11.8 Å². The smallest absolute Gasteiger partial charge is 0.192 e. The van der Waals surface area contributed by atoms with Crippen LogP contribution in [0.3, 0.4) is 0 Å². The van der Waals surface area contributed by atoms with Crippen molar-refractivity contribution >= 4 is 11.5 Å². The van der Waals surface area contributed by atoms with Gasteiger partial charge in [-0.15, -0.1) is 10.2 Å². The first-order chi connectivity index (χ1) is 11.5. The zero-order valence-electron chi connectivity index (χ0n) is 13.1. The highest BCUT2D eigenvalue weighted by atomic mass is 16.3. The molecule has 24 heavy (non-hydrogen) atoms. The van der Waals surface area contributed by atoms with Crippen LogP contribution in [-0.4, -0.2) is 41.4 Å². The van der Waals surface area contributed by atoms with Gasteiger partial charge in [-0.05, 0) is 37.5 Å². The summed E-state index contributed by atoms with van der Waals surface area (Å²) in [6.07, 6.45) is 5.09. The second kappa shape index (κ2) is 4.45. The second-order valence-corrected chi connectivity index (χ2v) is 6.88. The van der Waals surface area contributed by atoms with Crippen LogP contribution >= 0.6 is 0 Å². The molecule has 5 rings (SSSR count). The SMILES string of the molecule is Cc1ccc(-c2nnc(NC3C[C@@]4(O)C[C@@H]34)c3nccn23)c(O)c1. The lowest BCUT2D eigenvalue weighted by Gasteiger charge is -2.31. The van der Waals surface area contributed by atoms with Gasteiger partial charge in [-0.3, -0.25) is 4.40 Å². The number of hydrogen-bond acceptors (Lipinski definition) is 6. The highest BCUT2D eigenvalue weighted by Gasteiger charge is 2.66. The number of phenols is 1. The molecule has 3 atom stereocenters. The molecule has 2 fully saturated rings. The van der Waals surface area contributed by atoms with E-state index in [2.05, 4.69) is 20.5 Å². The van der Waals surface area contributed by atoms with E-state index in [0.717, 1.165) is 18.4 Å². The van der Waals surface area contributed by atoms with E-state index in [1.807, 2.05) is 23.5 Å². The van der Waals surface area contributed by atoms with Crippen molar-refractivity contribution in [1.82, 2.24) is 19.6 Å². The third-order valence-corrected chi connectivity index (χ3v) is 5.20. The van der Waals surface area contributed by atoms with Crippen LogP contribution in [0.4, 0.5) is 5.82 Å². The largest absolute Gasteiger partial charge is 0.507 e. The van der Waals surface area contributed by atoms with E-state index in [1.165, 1.54) is 0 Å². The van der Waals surface area contributed by atoms with E-state index < -0.39 is 5.60 Å². The first-order valence-electron chi connectivity index (χ1n) is 8.04.